The van der Waals surface area contributed by atoms with E-state index in [0.29, 0.717) is 24.7 Å². The van der Waals surface area contributed by atoms with Crippen LogP contribution in [-0.4, -0.2) is 74.9 Å². The molecule has 1 rings (SSSR count). The summed E-state index contributed by atoms with van der Waals surface area (Å²) in [6.45, 7) is 2.11. The van der Waals surface area contributed by atoms with Gasteiger partial charge in [-0.15, -0.1) is 0 Å². The Morgan fingerprint density at radius 2 is 1.42 bits per heavy atom. The van der Waals surface area contributed by atoms with Crippen LogP contribution in [0.1, 0.15) is 0 Å². The van der Waals surface area contributed by atoms with Crippen LogP contribution in [0, 0.1) is 0 Å². The van der Waals surface area contributed by atoms with E-state index in [4.69, 9.17) is 26.9 Å². The van der Waals surface area contributed by atoms with Crippen LogP contribution in [0.15, 0.2) is 29.2 Å². The number of carboxylic acids is 1. The smallest absolute Gasteiger partial charge is 0.183 e. The molecule has 0 amide bonds. The number of aliphatic hydroxyl groups is 3. The van der Waals surface area contributed by atoms with Crippen LogP contribution in [0.2, 0.25) is 5.02 Å². The largest absolute Gasteiger partial charge is 0.549 e. The van der Waals surface area contributed by atoms with Crippen LogP contribution in [0.3, 0.4) is 0 Å². The number of hydrogen-bond donors (Lipinski definition) is 4. The highest BCUT2D eigenvalue weighted by Gasteiger charge is 2.14. The monoisotopic (exact) mass is 383 g/mol. The summed E-state index contributed by atoms with van der Waals surface area (Å²) in [5, 5.41) is 36.0. The van der Waals surface area contributed by atoms with Gasteiger partial charge in [0.1, 0.15) is 19.6 Å². The van der Waals surface area contributed by atoms with Crippen molar-refractivity contribution in [3.05, 3.63) is 29.3 Å². The molecule has 0 saturated carbocycles. The molecule has 8 nitrogen and oxygen atoms in total. The number of carboxylic acid groups (broad SMARTS) is 1. The number of carbonyl (C=O) groups excluding carboxylic acids is 1. The van der Waals surface area contributed by atoms with Gasteiger partial charge in [0, 0.05) is 5.02 Å². The lowest BCUT2D eigenvalue weighted by molar-refractivity contribution is -0.901. The summed E-state index contributed by atoms with van der Waals surface area (Å²) in [6.07, 6.45) is 0. The molecular formula is C14H22ClNO7S. The highest BCUT2D eigenvalue weighted by atomic mass is 35.5. The summed E-state index contributed by atoms with van der Waals surface area (Å²) in [7, 11) is -3.80. The van der Waals surface area contributed by atoms with E-state index in [1.54, 1.807) is 0 Å². The molecule has 0 aliphatic rings. The van der Waals surface area contributed by atoms with Gasteiger partial charge in [-0.1, -0.05) is 11.6 Å². The number of halogens is 1. The Bertz CT molecular complexity index is 563. The van der Waals surface area contributed by atoms with E-state index in [-0.39, 0.29) is 24.7 Å². The van der Waals surface area contributed by atoms with Gasteiger partial charge in [-0.2, -0.15) is 0 Å². The zero-order valence-electron chi connectivity index (χ0n) is 13.0. The second-order valence-corrected chi connectivity index (χ2v) is 7.18. The number of rotatable bonds is 9. The van der Waals surface area contributed by atoms with Crippen LogP contribution in [0.25, 0.3) is 0 Å². The van der Waals surface area contributed by atoms with E-state index >= 15 is 0 Å². The third-order valence-electron chi connectivity index (χ3n) is 2.88. The van der Waals surface area contributed by atoms with Crippen molar-refractivity contribution in [2.45, 2.75) is 4.90 Å². The lowest BCUT2D eigenvalue weighted by atomic mass is 10.4. The van der Waals surface area contributed by atoms with Crippen molar-refractivity contribution >= 4 is 27.4 Å². The van der Waals surface area contributed by atoms with Gasteiger partial charge in [-0.05, 0) is 24.3 Å². The molecule has 138 valence electrons. The number of quaternary nitrogens is 1. The van der Waals surface area contributed by atoms with Crippen LogP contribution in [0.4, 0.5) is 0 Å². The number of hydrogen-bond acceptors (Lipinski definition) is 7. The molecule has 0 aliphatic heterocycles. The summed E-state index contributed by atoms with van der Waals surface area (Å²) in [5.41, 5.74) is 0. The summed E-state index contributed by atoms with van der Waals surface area (Å²) in [4.78, 5) is 11.1. The maximum atomic E-state index is 11.3. The van der Waals surface area contributed by atoms with Crippen molar-refractivity contribution in [3.63, 3.8) is 0 Å². The van der Waals surface area contributed by atoms with E-state index in [2.05, 4.69) is 0 Å². The average Bonchev–Trinajstić information content (AvgIpc) is 2.48. The van der Waals surface area contributed by atoms with Crippen LogP contribution < -0.4 is 10.0 Å². The molecule has 0 spiro atoms. The Kier molecular flexibility index (Phi) is 11.6. The van der Waals surface area contributed by atoms with Crippen molar-refractivity contribution in [1.82, 2.24) is 0 Å². The lowest BCUT2D eigenvalue weighted by Gasteiger charge is -2.15. The maximum absolute atomic E-state index is 11.3. The van der Waals surface area contributed by atoms with Gasteiger partial charge >= 0.3 is 0 Å². The summed E-state index contributed by atoms with van der Waals surface area (Å²) >= 11 is 5.54. The number of aliphatic carboxylic acids is 1. The van der Waals surface area contributed by atoms with Gasteiger partial charge in [0.05, 0.1) is 36.4 Å². The summed E-state index contributed by atoms with van der Waals surface area (Å²) < 4.78 is 22.6. The van der Waals surface area contributed by atoms with E-state index in [9.17, 15) is 18.3 Å². The predicted octanol–water partition coefficient (Wildman–Crippen LogP) is -3.29. The first-order valence-electron chi connectivity index (χ1n) is 7.11. The zero-order valence-corrected chi connectivity index (χ0v) is 14.6. The minimum atomic E-state index is -3.80. The molecule has 0 heterocycles. The van der Waals surface area contributed by atoms with Gasteiger partial charge in [0.25, 0.3) is 0 Å². The number of aliphatic hydroxyl groups excluding tert-OH is 3. The molecule has 0 aliphatic carbocycles. The van der Waals surface area contributed by atoms with Gasteiger partial charge < -0.3 is 30.1 Å². The highest BCUT2D eigenvalue weighted by Crippen LogP contribution is 2.14. The second-order valence-electron chi connectivity index (χ2n) is 4.76. The van der Waals surface area contributed by atoms with E-state index in [1.165, 1.54) is 24.3 Å². The van der Waals surface area contributed by atoms with Gasteiger partial charge in [-0.3, -0.25) is 0 Å². The second kappa shape index (κ2) is 12.2. The van der Waals surface area contributed by atoms with E-state index in [1.807, 2.05) is 0 Å². The molecule has 0 unspecified atom stereocenters. The lowest BCUT2D eigenvalue weighted by Crippen LogP contribution is -3.13. The van der Waals surface area contributed by atoms with Crippen molar-refractivity contribution in [2.24, 2.45) is 0 Å². The fourth-order valence-electron chi connectivity index (χ4n) is 1.73. The fourth-order valence-corrected chi connectivity index (χ4v) is 2.88. The minimum Gasteiger partial charge on any atom is -0.549 e. The van der Waals surface area contributed by atoms with E-state index in [0.717, 1.165) is 4.90 Å². The Balaban J connectivity index is 0.000000470. The Morgan fingerprint density at radius 1 is 1.00 bits per heavy atom. The molecule has 10 heteroatoms. The normalized spacial score (nSPS) is 11.0. The number of sulfone groups is 1. The topological polar surface area (TPSA) is 139 Å². The van der Waals surface area contributed by atoms with Crippen molar-refractivity contribution in [1.29, 1.82) is 0 Å². The molecule has 0 saturated heterocycles. The first-order valence-corrected chi connectivity index (χ1v) is 9.14. The summed E-state index contributed by atoms with van der Waals surface area (Å²) in [6, 6.07) is 5.26. The number of carbonyl (C=O) groups is 1. The van der Waals surface area contributed by atoms with Crippen LogP contribution >= 0.6 is 11.6 Å². The molecular weight excluding hydrogens is 362 g/mol. The number of benzene rings is 1. The first kappa shape index (κ1) is 22.8. The first-order chi connectivity index (χ1) is 11.3. The van der Waals surface area contributed by atoms with Gasteiger partial charge in [0.15, 0.2) is 9.84 Å². The Labute approximate surface area is 145 Å². The predicted molar refractivity (Wildman–Crippen MR) is 85.3 cm³/mol. The Morgan fingerprint density at radius 3 is 1.75 bits per heavy atom. The molecule has 0 atom stereocenters. The molecule has 4 N–H and O–H groups in total. The standard InChI is InChI=1S/C8H7ClO4S.C6H15NO3/c9-6-1-3-7(4-2-6)14(12,13)5-8(10)11;8-4-1-7(2-5-9)3-6-10/h1-4H,5H2,(H,10,11);8-10H,1-6H2. The molecule has 0 radical (unpaired) electrons. The molecule has 0 bridgehead atoms. The maximum Gasteiger partial charge on any atom is 0.183 e. The average molecular weight is 384 g/mol. The van der Waals surface area contributed by atoms with E-state index < -0.39 is 21.6 Å². The fraction of sp³-hybridized carbons (Fsp3) is 0.500. The van der Waals surface area contributed by atoms with Crippen molar-refractivity contribution < 1.29 is 38.5 Å². The third-order valence-corrected chi connectivity index (χ3v) is 4.73. The van der Waals surface area contributed by atoms with Gasteiger partial charge in [-0.25, -0.2) is 8.42 Å². The Hall–Kier alpha value is -1.23. The molecule has 1 aromatic carbocycles. The van der Waals surface area contributed by atoms with Crippen molar-refractivity contribution in [3.8, 4) is 0 Å². The third kappa shape index (κ3) is 9.81. The SMILES string of the molecule is O=C([O-])CS(=O)(=O)c1ccc(Cl)cc1.OCC[NH+](CCO)CCO. The van der Waals surface area contributed by atoms with Gasteiger partial charge in [0.2, 0.25) is 0 Å². The molecule has 0 fully saturated rings. The van der Waals surface area contributed by atoms with Crippen LogP contribution in [0.5, 0.6) is 0 Å². The van der Waals surface area contributed by atoms with Crippen molar-refractivity contribution in [2.75, 3.05) is 45.2 Å². The molecule has 0 aromatic heterocycles. The number of nitrogens with one attached hydrogen (secondary N) is 1. The molecule has 24 heavy (non-hydrogen) atoms. The minimum absolute atomic E-state index is 0.0777. The zero-order chi connectivity index (χ0) is 18.6. The highest BCUT2D eigenvalue weighted by molar-refractivity contribution is 7.92. The molecule has 1 aromatic rings. The van der Waals surface area contributed by atoms with Crippen LogP contribution in [-0.2, 0) is 14.6 Å². The quantitative estimate of drug-likeness (QED) is 0.350. The summed E-state index contributed by atoms with van der Waals surface area (Å²) in [5.74, 6) is -2.64.